The second-order valence-electron chi connectivity index (χ2n) is 16.4. The molecule has 0 bridgehead atoms. The van der Waals surface area contributed by atoms with Gasteiger partial charge in [-0.05, 0) is 123 Å². The molecule has 13 rings (SSSR count). The van der Waals surface area contributed by atoms with Crippen molar-refractivity contribution < 1.29 is 0 Å². The predicted octanol–water partition coefficient (Wildman–Crippen LogP) is 16.7. The number of hydrogen-bond donors (Lipinski definition) is 0. The summed E-state index contributed by atoms with van der Waals surface area (Å²) in [5, 5.41) is 17.6. The van der Waals surface area contributed by atoms with Crippen LogP contribution in [0.25, 0.3) is 126 Å². The lowest BCUT2D eigenvalue weighted by molar-refractivity contribution is 1.20. The van der Waals surface area contributed by atoms with E-state index in [1.54, 1.807) is 0 Å². The number of hydrogen-bond acceptors (Lipinski definition) is 0. The molecule has 0 unspecified atom stereocenters. The van der Waals surface area contributed by atoms with Gasteiger partial charge >= 0.3 is 0 Å². The van der Waals surface area contributed by atoms with Crippen LogP contribution in [0.3, 0.4) is 0 Å². The summed E-state index contributed by atoms with van der Waals surface area (Å²) in [6.07, 6.45) is 0. The Bertz CT molecular complexity index is 3830. The molecular formula is C60H37N. The second kappa shape index (κ2) is 13.3. The molecule has 0 N–H and O–H groups in total. The molecule has 1 heterocycles. The van der Waals surface area contributed by atoms with Gasteiger partial charge in [0, 0.05) is 16.2 Å². The van der Waals surface area contributed by atoms with Crippen LogP contribution in [0, 0.1) is 0 Å². The molecule has 0 saturated carbocycles. The normalized spacial score (nSPS) is 11.9. The Morgan fingerprint density at radius 3 is 1.43 bits per heavy atom. The maximum absolute atomic E-state index is 2.51. The number of fused-ring (bicyclic) bond motifs is 11. The molecule has 282 valence electrons. The van der Waals surface area contributed by atoms with E-state index in [0.717, 1.165) is 0 Å². The molecule has 1 heteroatoms. The minimum absolute atomic E-state index is 1.18. The third kappa shape index (κ3) is 5.08. The van der Waals surface area contributed by atoms with Crippen molar-refractivity contribution >= 4 is 86.4 Å². The highest BCUT2D eigenvalue weighted by Gasteiger charge is 2.22. The first-order chi connectivity index (χ1) is 30.3. The van der Waals surface area contributed by atoms with Crippen molar-refractivity contribution in [3.8, 4) is 39.1 Å². The zero-order valence-corrected chi connectivity index (χ0v) is 33.3. The monoisotopic (exact) mass is 771 g/mol. The summed E-state index contributed by atoms with van der Waals surface area (Å²) >= 11 is 0. The molecular weight excluding hydrogens is 735 g/mol. The van der Waals surface area contributed by atoms with Crippen LogP contribution < -0.4 is 0 Å². The Balaban J connectivity index is 1.12. The largest absolute Gasteiger partial charge is 0.309 e. The molecule has 0 amide bonds. The molecule has 0 radical (unpaired) electrons. The first-order valence-electron chi connectivity index (χ1n) is 21.2. The Morgan fingerprint density at radius 1 is 0.246 bits per heavy atom. The van der Waals surface area contributed by atoms with E-state index in [1.165, 1.54) is 126 Å². The van der Waals surface area contributed by atoms with Gasteiger partial charge in [0.2, 0.25) is 0 Å². The number of aromatic nitrogens is 1. The third-order valence-corrected chi connectivity index (χ3v) is 13.1. The minimum Gasteiger partial charge on any atom is -0.309 e. The van der Waals surface area contributed by atoms with Gasteiger partial charge in [0.25, 0.3) is 0 Å². The van der Waals surface area contributed by atoms with Crippen molar-refractivity contribution in [2.75, 3.05) is 0 Å². The van der Waals surface area contributed by atoms with Gasteiger partial charge in [-0.25, -0.2) is 0 Å². The van der Waals surface area contributed by atoms with Crippen LogP contribution in [-0.4, -0.2) is 4.57 Å². The molecule has 12 aromatic carbocycles. The maximum Gasteiger partial charge on any atom is 0.0548 e. The average molecular weight is 772 g/mol. The van der Waals surface area contributed by atoms with Gasteiger partial charge in [0.15, 0.2) is 0 Å². The molecule has 0 atom stereocenters. The van der Waals surface area contributed by atoms with Crippen LogP contribution >= 0.6 is 0 Å². The first kappa shape index (κ1) is 33.9. The fourth-order valence-electron chi connectivity index (χ4n) is 10.4. The summed E-state index contributed by atoms with van der Waals surface area (Å²) in [5.74, 6) is 0. The van der Waals surface area contributed by atoms with E-state index in [1.807, 2.05) is 0 Å². The van der Waals surface area contributed by atoms with Gasteiger partial charge in [-0.15, -0.1) is 0 Å². The Labute approximate surface area is 353 Å². The predicted molar refractivity (Wildman–Crippen MR) is 262 cm³/mol. The van der Waals surface area contributed by atoms with E-state index >= 15 is 0 Å². The third-order valence-electron chi connectivity index (χ3n) is 13.1. The van der Waals surface area contributed by atoms with Crippen molar-refractivity contribution in [2.24, 2.45) is 0 Å². The second-order valence-corrected chi connectivity index (χ2v) is 16.4. The fourth-order valence-corrected chi connectivity index (χ4v) is 10.4. The molecule has 1 aromatic heterocycles. The summed E-state index contributed by atoms with van der Waals surface area (Å²) in [6, 6.07) is 83.2. The molecule has 61 heavy (non-hydrogen) atoms. The zero-order valence-electron chi connectivity index (χ0n) is 33.3. The Hall–Kier alpha value is -8.00. The van der Waals surface area contributed by atoms with Crippen LogP contribution in [0.15, 0.2) is 224 Å². The zero-order chi connectivity index (χ0) is 40.0. The maximum atomic E-state index is 2.51. The molecule has 0 aliphatic heterocycles. The van der Waals surface area contributed by atoms with E-state index < -0.39 is 0 Å². The molecule has 0 spiro atoms. The summed E-state index contributed by atoms with van der Waals surface area (Å²) in [5.41, 5.74) is 11.0. The van der Waals surface area contributed by atoms with Gasteiger partial charge in [0.05, 0.1) is 16.7 Å². The number of rotatable bonds is 4. The molecule has 0 saturated heterocycles. The van der Waals surface area contributed by atoms with E-state index in [9.17, 15) is 0 Å². The summed E-state index contributed by atoms with van der Waals surface area (Å²) in [7, 11) is 0. The number of nitrogens with zero attached hydrogens (tertiary/aromatic N) is 1. The van der Waals surface area contributed by atoms with Crippen molar-refractivity contribution in [3.05, 3.63) is 224 Å². The van der Waals surface area contributed by atoms with E-state index in [2.05, 4.69) is 229 Å². The molecule has 0 aliphatic carbocycles. The van der Waals surface area contributed by atoms with E-state index in [0.29, 0.717) is 0 Å². The van der Waals surface area contributed by atoms with E-state index in [4.69, 9.17) is 0 Å². The van der Waals surface area contributed by atoms with E-state index in [-0.39, 0.29) is 0 Å². The number of benzene rings is 12. The van der Waals surface area contributed by atoms with Gasteiger partial charge in [0.1, 0.15) is 0 Å². The first-order valence-corrected chi connectivity index (χ1v) is 21.2. The van der Waals surface area contributed by atoms with Crippen molar-refractivity contribution in [1.29, 1.82) is 0 Å². The highest BCUT2D eigenvalue weighted by molar-refractivity contribution is 6.29. The van der Waals surface area contributed by atoms with Crippen LogP contribution in [0.5, 0.6) is 0 Å². The summed E-state index contributed by atoms with van der Waals surface area (Å²) < 4.78 is 2.51. The lowest BCUT2D eigenvalue weighted by atomic mass is 9.83. The molecule has 1 nitrogen and oxygen atoms in total. The average Bonchev–Trinajstić information content (AvgIpc) is 3.68. The summed E-state index contributed by atoms with van der Waals surface area (Å²) in [4.78, 5) is 0. The quantitative estimate of drug-likeness (QED) is 0.157. The van der Waals surface area contributed by atoms with Gasteiger partial charge in [-0.2, -0.15) is 0 Å². The smallest absolute Gasteiger partial charge is 0.0548 e. The van der Waals surface area contributed by atoms with Crippen molar-refractivity contribution in [1.82, 2.24) is 4.57 Å². The summed E-state index contributed by atoms with van der Waals surface area (Å²) in [6.45, 7) is 0. The van der Waals surface area contributed by atoms with Crippen molar-refractivity contribution in [3.63, 3.8) is 0 Å². The minimum atomic E-state index is 1.18. The topological polar surface area (TPSA) is 4.93 Å². The highest BCUT2D eigenvalue weighted by atomic mass is 15.0. The van der Waals surface area contributed by atoms with Crippen molar-refractivity contribution in [2.45, 2.75) is 0 Å². The van der Waals surface area contributed by atoms with Crippen LogP contribution in [0.4, 0.5) is 0 Å². The SMILES string of the molecule is c1ccc(-c2c3ccccc3c(-c3ccc(-n4c5ccc6ccccc6c5c5c6ccccc6ccc54)c4ccccc34)c3ccc(-c4ccc5ccccc5c4)cc23)cc1. The lowest BCUT2D eigenvalue weighted by Crippen LogP contribution is -1.97. The van der Waals surface area contributed by atoms with Crippen LogP contribution in [-0.2, 0) is 0 Å². The van der Waals surface area contributed by atoms with Gasteiger partial charge in [-0.1, -0.05) is 194 Å². The lowest BCUT2D eigenvalue weighted by Gasteiger charge is -2.21. The van der Waals surface area contributed by atoms with Crippen LogP contribution in [0.1, 0.15) is 0 Å². The Kier molecular flexibility index (Phi) is 7.37. The molecule has 0 aliphatic rings. The Morgan fingerprint density at radius 2 is 0.738 bits per heavy atom. The fraction of sp³-hybridized carbons (Fsp3) is 0. The molecule has 0 fully saturated rings. The standard InChI is InChI=1S/C60H37N/c1-2-17-41(18-3-1)57-49-24-12-13-25-50(49)58(52-31-28-44(37-53(52)57)43-27-26-38-14-4-5-19-42(38)36-43)51-32-35-54(48-23-11-10-22-47(48)51)61-55-33-29-39-15-6-8-20-45(39)59(55)60-46-21-9-7-16-40(46)30-34-56(60)61/h1-37H. The van der Waals surface area contributed by atoms with Gasteiger partial charge < -0.3 is 4.57 Å². The van der Waals surface area contributed by atoms with Crippen LogP contribution in [0.2, 0.25) is 0 Å². The highest BCUT2D eigenvalue weighted by Crippen LogP contribution is 2.48. The molecule has 13 aromatic rings. The van der Waals surface area contributed by atoms with Gasteiger partial charge in [-0.3, -0.25) is 0 Å².